The van der Waals surface area contributed by atoms with Crippen LogP contribution in [-0.4, -0.2) is 5.48 Å². The van der Waals surface area contributed by atoms with Crippen molar-refractivity contribution in [2.75, 3.05) is 0 Å². The van der Waals surface area contributed by atoms with Gasteiger partial charge in [-0.1, -0.05) is 101 Å². The topological polar surface area (TPSA) is 90.4 Å². The molecule has 0 fully saturated rings. The average molecular weight is 299 g/mol. The van der Waals surface area contributed by atoms with E-state index in [4.69, 9.17) is 9.81 Å². The summed E-state index contributed by atoms with van der Waals surface area (Å²) in [5.74, 6) is 0. The molecule has 0 saturated heterocycles. The number of nitroso groups, excluding NO2 is 2. The van der Waals surface area contributed by atoms with E-state index in [2.05, 4.69) is 13.8 Å². The third kappa shape index (κ3) is 154000. The summed E-state index contributed by atoms with van der Waals surface area (Å²) in [4.78, 5) is 16.9. The molecule has 0 aliphatic carbocycles. The van der Waals surface area contributed by atoms with Crippen molar-refractivity contribution in [1.29, 1.82) is 0 Å². The Hall–Kier alpha value is -0.840. The van der Waals surface area contributed by atoms with Gasteiger partial charge in [-0.15, -0.1) is 9.81 Å². The van der Waals surface area contributed by atoms with Gasteiger partial charge in [-0.25, -0.2) is 0 Å². The van der Waals surface area contributed by atoms with Crippen LogP contribution in [0.4, 0.5) is 0 Å². The summed E-state index contributed by atoms with van der Waals surface area (Å²) in [7, 11) is 0. The first kappa shape index (κ1) is 201. The third-order valence-electron chi connectivity index (χ3n) is 0.0333. The Bertz CT molecular complexity index is 59.5. The van der Waals surface area contributed by atoms with Crippen molar-refractivity contribution >= 4 is 0 Å². The molecule has 2 N–H and O–H groups in total. The van der Waals surface area contributed by atoms with Gasteiger partial charge in [0.1, 0.15) is 10.6 Å². The summed E-state index contributed by atoms with van der Waals surface area (Å²) in [5.41, 5.74) is 0. The molecule has 0 radical (unpaired) electrons. The smallest absolute Gasteiger partial charge is 0.412 e. The van der Waals surface area contributed by atoms with Crippen LogP contribution in [0.3, 0.4) is 0 Å². The molecule has 0 spiro atoms. The molecule has 0 bridgehead atoms. The van der Waals surface area contributed by atoms with Crippen molar-refractivity contribution < 1.29 is 8.33 Å². The average Bonchev–Trinajstić information content (AvgIpc) is 1.94. The van der Waals surface area contributed by atoms with Gasteiger partial charge in [0.2, 0.25) is 0 Å². The minimum atomic E-state index is 0. The highest BCUT2D eigenvalue weighted by Crippen LogP contribution is 1.56. The van der Waals surface area contributed by atoms with Gasteiger partial charge in [-0.2, -0.15) is 0 Å². The Balaban J connectivity index is -0.00000000157. The molecule has 5 heteroatoms. The molecule has 5 nitrogen and oxygen atoms in total. The van der Waals surface area contributed by atoms with Crippen molar-refractivity contribution in [2.45, 2.75) is 101 Å². The van der Waals surface area contributed by atoms with E-state index in [1.807, 2.05) is 13.8 Å². The maximum Gasteiger partial charge on any atom is 1.00 e. The van der Waals surface area contributed by atoms with Crippen molar-refractivity contribution in [3.8, 4) is 0 Å². The Labute approximate surface area is 130 Å². The van der Waals surface area contributed by atoms with Crippen molar-refractivity contribution in [3.05, 3.63) is 9.81 Å². The van der Waals surface area contributed by atoms with Crippen LogP contribution >= 0.6 is 0 Å². The van der Waals surface area contributed by atoms with E-state index < -0.39 is 0 Å². The second-order valence-corrected chi connectivity index (χ2v) is 0.870. The van der Waals surface area contributed by atoms with Crippen LogP contribution in [0.25, 0.3) is 0 Å². The van der Waals surface area contributed by atoms with Gasteiger partial charge in [0.15, 0.2) is 0 Å². The third-order valence-corrected chi connectivity index (χ3v) is 0.0333. The minimum absolute atomic E-state index is 0. The van der Waals surface area contributed by atoms with Crippen LogP contribution in [-0.2, 0) is 0 Å². The quantitative estimate of drug-likeness (QED) is 0.362. The van der Waals surface area contributed by atoms with Gasteiger partial charge in [-0.05, 0) is 0 Å². The summed E-state index contributed by atoms with van der Waals surface area (Å²) < 4.78 is 0. The molecular weight excluding hydrogens is 244 g/mol. The monoisotopic (exact) mass is 298 g/mol. The molecule has 0 atom stereocenters. The summed E-state index contributed by atoms with van der Waals surface area (Å²) in [6.07, 6.45) is 1.25. The summed E-state index contributed by atoms with van der Waals surface area (Å²) in [6.45, 7) is 8.25. The lowest BCUT2D eigenvalue weighted by Crippen LogP contribution is -1.27. The van der Waals surface area contributed by atoms with Crippen LogP contribution in [0.5, 0.6) is 0 Å². The predicted octanol–water partition coefficient (Wildman–Crippen LogP) is 8.00. The number of rotatable bonds is 1. The molecule has 19 heavy (non-hydrogen) atoms. The molecule has 0 aliphatic heterocycles. The van der Waals surface area contributed by atoms with Crippen LogP contribution < -0.4 is 0 Å². The maximum absolute atomic E-state index is 8.44. The largest absolute Gasteiger partial charge is 1.00 e. The summed E-state index contributed by atoms with van der Waals surface area (Å²) in [6, 6.07) is 0. The van der Waals surface area contributed by atoms with Gasteiger partial charge >= 0.3 is 2.85 Å². The van der Waals surface area contributed by atoms with E-state index in [0.717, 1.165) is 0 Å². The molecule has 0 amide bonds. The fourth-order valence-electron chi connectivity index (χ4n) is 0. The normalized spacial score (nSPS) is 2.32. The fraction of sp³-hybridized carbons (Fsp3) is 1.00. The predicted molar refractivity (Wildman–Crippen MR) is 105 cm³/mol. The van der Waals surface area contributed by atoms with Gasteiger partial charge < -0.3 is 5.48 Å². The van der Waals surface area contributed by atoms with Crippen LogP contribution in [0.1, 0.15) is 104 Å². The Kier molecular flexibility index (Phi) is 10200. The zero-order valence-electron chi connectivity index (χ0n) is 8.92. The van der Waals surface area contributed by atoms with Crippen LogP contribution in [0.15, 0.2) is 10.6 Å². The fourth-order valence-corrected chi connectivity index (χ4v) is 0. The molecule has 0 heterocycles. The molecule has 0 aliphatic rings. The Morgan fingerprint density at radius 1 is 0.632 bits per heavy atom. The summed E-state index contributed by atoms with van der Waals surface area (Å²) in [5, 5.41) is 3.11. The van der Waals surface area contributed by atoms with E-state index in [1.165, 1.54) is 6.42 Å². The molecule has 0 saturated carbocycles. The van der Waals surface area contributed by atoms with Crippen molar-refractivity contribution in [2.24, 2.45) is 10.6 Å². The molecular formula is C14H54N2O3+2. The SMILES string of the molecule is C.C.C.C.C.C.C.C.C.CC.CCC.O.O=NN=O.[H+].[H+]. The van der Waals surface area contributed by atoms with Crippen molar-refractivity contribution in [3.63, 3.8) is 0 Å². The Morgan fingerprint density at radius 2 is 0.684 bits per heavy atom. The lowest BCUT2D eigenvalue weighted by atomic mass is 10.6. The first-order valence-corrected chi connectivity index (χ1v) is 2.98. The highest BCUT2D eigenvalue weighted by molar-refractivity contribution is 4.11. The van der Waals surface area contributed by atoms with Gasteiger partial charge in [0.05, 0.1) is 0 Å². The molecule has 136 valence electrons. The van der Waals surface area contributed by atoms with E-state index >= 15 is 0 Å². The van der Waals surface area contributed by atoms with E-state index in [0.29, 0.717) is 0 Å². The lowest BCUT2D eigenvalue weighted by Gasteiger charge is -1.48. The maximum atomic E-state index is 8.44. The lowest BCUT2D eigenvalue weighted by molar-refractivity contribution is 0.824. The van der Waals surface area contributed by atoms with E-state index in [1.54, 1.807) is 10.6 Å². The summed E-state index contributed by atoms with van der Waals surface area (Å²) >= 11 is 0. The van der Waals surface area contributed by atoms with E-state index in [-0.39, 0.29) is 75.2 Å². The van der Waals surface area contributed by atoms with Crippen LogP contribution in [0.2, 0.25) is 0 Å². The standard InChI is InChI=1S/C3H8.C2H6.9CH4.N2O2.H2O/c1-3-2;1-2;;;;;;;;;;3-1-2-4;/h3H2,1-2H3;1-2H3;9*1H4;;1H2/p+2. The number of hydrogen-bond acceptors (Lipinski definition) is 2. The zero-order chi connectivity index (χ0) is 8.12. The molecule has 0 rings (SSSR count). The number of hydrogen-bond donors (Lipinski definition) is 0. The van der Waals surface area contributed by atoms with Crippen LogP contribution in [0, 0.1) is 9.81 Å². The minimum Gasteiger partial charge on any atom is -0.412 e. The highest BCUT2D eigenvalue weighted by Gasteiger charge is 1.44. The van der Waals surface area contributed by atoms with Crippen molar-refractivity contribution in [1.82, 2.24) is 0 Å². The second kappa shape index (κ2) is 960. The van der Waals surface area contributed by atoms with E-state index in [9.17, 15) is 0 Å². The first-order chi connectivity index (χ1) is 4.33. The van der Waals surface area contributed by atoms with Gasteiger partial charge in [-0.3, -0.25) is 0 Å². The Morgan fingerprint density at radius 3 is 0.684 bits per heavy atom. The second-order valence-electron chi connectivity index (χ2n) is 0.870. The molecule has 0 aromatic heterocycles. The molecule has 0 aromatic rings. The zero-order valence-corrected chi connectivity index (χ0v) is 6.92. The van der Waals surface area contributed by atoms with Gasteiger partial charge in [0, 0.05) is 0 Å². The highest BCUT2D eigenvalue weighted by atomic mass is 16.4. The van der Waals surface area contributed by atoms with Gasteiger partial charge in [0.25, 0.3) is 0 Å². The number of nitrogens with zero attached hydrogens (tertiary/aromatic N) is 2. The molecule has 0 aromatic carbocycles. The molecule has 0 unspecified atom stereocenters. The first-order valence-electron chi connectivity index (χ1n) is 2.98.